The van der Waals surface area contributed by atoms with Gasteiger partial charge < -0.3 is 5.32 Å². The van der Waals surface area contributed by atoms with Crippen LogP contribution in [-0.2, 0) is 4.43 Å². The fourth-order valence-corrected chi connectivity index (χ4v) is 3.57. The lowest BCUT2D eigenvalue weighted by molar-refractivity contribution is 0.364. The highest BCUT2D eigenvalue weighted by molar-refractivity contribution is 14.1. The molecule has 0 atom stereocenters. The number of alkyl halides is 1. The first-order chi connectivity index (χ1) is 13.9. The normalized spacial score (nSPS) is 14.2. The van der Waals surface area contributed by atoms with Gasteiger partial charge in [0.2, 0.25) is 0 Å². The van der Waals surface area contributed by atoms with Gasteiger partial charge in [-0.15, -0.1) is 0 Å². The molecule has 3 aromatic rings. The molecule has 0 fully saturated rings. The predicted molar refractivity (Wildman–Crippen MR) is 116 cm³/mol. The van der Waals surface area contributed by atoms with E-state index in [4.69, 9.17) is 0 Å². The Labute approximate surface area is 181 Å². The van der Waals surface area contributed by atoms with Gasteiger partial charge in [-0.25, -0.2) is 4.99 Å². The number of H-pyrrole nitrogens is 1. The number of aliphatic imine (C=N–C) groups is 1. The molecule has 0 amide bonds. The topological polar surface area (TPSA) is 76.9 Å². The lowest BCUT2D eigenvalue weighted by Gasteiger charge is -2.40. The van der Waals surface area contributed by atoms with Gasteiger partial charge in [-0.1, -0.05) is 66.3 Å². The Bertz CT molecular complexity index is 1150. The number of aromatic nitrogens is 2. The van der Waals surface area contributed by atoms with Crippen molar-refractivity contribution in [3.63, 3.8) is 0 Å². The first-order valence-electron chi connectivity index (χ1n) is 8.18. The zero-order valence-corrected chi connectivity index (χ0v) is 17.9. The van der Waals surface area contributed by atoms with E-state index in [1.165, 1.54) is 0 Å². The Morgan fingerprint density at radius 1 is 1.13 bits per heavy atom. The molecule has 0 radical (unpaired) electrons. The summed E-state index contributed by atoms with van der Waals surface area (Å²) in [6, 6.07) is 11.8. The van der Waals surface area contributed by atoms with Crippen LogP contribution in [0.1, 0.15) is 16.7 Å². The molecule has 5 nitrogen and oxygen atoms in total. The zero-order chi connectivity index (χ0) is 22.1. The van der Waals surface area contributed by atoms with Crippen molar-refractivity contribution in [3.05, 3.63) is 65.2 Å². The van der Waals surface area contributed by atoms with Crippen LogP contribution in [0.15, 0.2) is 58.4 Å². The summed E-state index contributed by atoms with van der Waals surface area (Å²) in [5.41, 5.74) is 2.03. The van der Waals surface area contributed by atoms with Crippen LogP contribution in [0, 0.1) is 11.3 Å². The number of aromatic amines is 1. The molecule has 0 saturated carbocycles. The summed E-state index contributed by atoms with van der Waals surface area (Å²) < 4.78 is 64.6. The molecule has 30 heavy (non-hydrogen) atoms. The van der Waals surface area contributed by atoms with Gasteiger partial charge in [-0.05, 0) is 35.4 Å². The van der Waals surface area contributed by atoms with Crippen molar-refractivity contribution in [1.82, 2.24) is 10.2 Å². The molecule has 1 heterocycles. The summed E-state index contributed by atoms with van der Waals surface area (Å²) in [6.45, 7) is 0. The highest BCUT2D eigenvalue weighted by Crippen LogP contribution is 3.02. The van der Waals surface area contributed by atoms with Crippen LogP contribution in [-0.4, -0.2) is 16.4 Å². The van der Waals surface area contributed by atoms with Crippen molar-refractivity contribution in [2.24, 2.45) is 4.99 Å². The van der Waals surface area contributed by atoms with E-state index < -0.39 is 15.1 Å². The second kappa shape index (κ2) is 7.24. The number of nitrogens with zero attached hydrogens (tertiary/aromatic N) is 3. The summed E-state index contributed by atoms with van der Waals surface area (Å²) in [5.74, 6) is 0.299. The Morgan fingerprint density at radius 3 is 2.43 bits per heavy atom. The second-order valence-corrected chi connectivity index (χ2v) is 9.34. The smallest absolute Gasteiger partial charge is 0.310 e. The Morgan fingerprint density at radius 2 is 1.83 bits per heavy atom. The standard InChI is InChI=1S/C18H13F5IN5S/c19-30(20,21,22,23)15-6-4-12(5-7-15)11-26-17-16(10-25)18(29-28-17)27-14-3-1-2-13(8-14)9-24/h1-8,11H,9H2,(H2,27,28,29). The number of nitriles is 1. The third kappa shape index (κ3) is 5.28. The minimum absolute atomic E-state index is 0.00170. The van der Waals surface area contributed by atoms with Crippen LogP contribution in [0.4, 0.5) is 36.8 Å². The van der Waals surface area contributed by atoms with Gasteiger partial charge in [0.15, 0.2) is 5.82 Å². The predicted octanol–water partition coefficient (Wildman–Crippen LogP) is 7.37. The van der Waals surface area contributed by atoms with E-state index >= 15 is 0 Å². The van der Waals surface area contributed by atoms with Crippen LogP contribution in [0.25, 0.3) is 0 Å². The van der Waals surface area contributed by atoms with Gasteiger partial charge in [0, 0.05) is 16.3 Å². The number of hydrogen-bond acceptors (Lipinski definition) is 4. The Kier molecular flexibility index (Phi) is 5.32. The molecule has 0 unspecified atom stereocenters. The quantitative estimate of drug-likeness (QED) is 0.145. The van der Waals surface area contributed by atoms with Gasteiger partial charge in [-0.3, -0.25) is 5.10 Å². The van der Waals surface area contributed by atoms with Crippen molar-refractivity contribution >= 4 is 56.4 Å². The molecule has 1 aromatic heterocycles. The number of nitrogens with one attached hydrogen (secondary N) is 2. The monoisotopic (exact) mass is 553 g/mol. The van der Waals surface area contributed by atoms with Crippen molar-refractivity contribution < 1.29 is 19.4 Å². The highest BCUT2D eigenvalue weighted by Gasteiger charge is 2.65. The van der Waals surface area contributed by atoms with E-state index in [0.717, 1.165) is 34.0 Å². The van der Waals surface area contributed by atoms with Gasteiger partial charge >= 0.3 is 10.2 Å². The van der Waals surface area contributed by atoms with E-state index in [9.17, 15) is 24.7 Å². The molecule has 12 heteroatoms. The lowest BCUT2D eigenvalue weighted by Crippen LogP contribution is -2.05. The molecule has 2 N–H and O–H groups in total. The molecule has 3 rings (SSSR count). The Balaban J connectivity index is 1.82. The number of hydrogen-bond donors (Lipinski definition) is 2. The van der Waals surface area contributed by atoms with Crippen molar-refractivity contribution in [2.45, 2.75) is 9.32 Å². The fraction of sp³-hybridized carbons (Fsp3) is 0.0556. The van der Waals surface area contributed by atoms with Crippen LogP contribution in [0.2, 0.25) is 0 Å². The van der Waals surface area contributed by atoms with Gasteiger partial charge in [-0.2, -0.15) is 10.4 Å². The number of halogens is 6. The average molecular weight is 553 g/mol. The van der Waals surface area contributed by atoms with E-state index in [0.29, 0.717) is 18.0 Å². The van der Waals surface area contributed by atoms with Crippen molar-refractivity contribution in [3.8, 4) is 6.07 Å². The van der Waals surface area contributed by atoms with Gasteiger partial charge in [0.05, 0.1) is 0 Å². The molecule has 0 bridgehead atoms. The number of anilines is 2. The van der Waals surface area contributed by atoms with Crippen molar-refractivity contribution in [2.75, 3.05) is 5.32 Å². The molecular formula is C18H13F5IN5S. The minimum Gasteiger partial charge on any atom is -0.339 e. The molecule has 0 aliphatic carbocycles. The molecule has 158 valence electrons. The molecule has 0 aliphatic rings. The molecule has 0 saturated heterocycles. The van der Waals surface area contributed by atoms with Crippen LogP contribution in [0.3, 0.4) is 0 Å². The van der Waals surface area contributed by atoms with Crippen LogP contribution in [0.5, 0.6) is 0 Å². The zero-order valence-electron chi connectivity index (χ0n) is 14.9. The molecular weight excluding hydrogens is 540 g/mol. The number of benzene rings is 2. The third-order valence-electron chi connectivity index (χ3n) is 3.87. The minimum atomic E-state index is -9.72. The molecule has 0 spiro atoms. The first-order valence-corrected chi connectivity index (χ1v) is 11.7. The summed E-state index contributed by atoms with van der Waals surface area (Å²) in [4.78, 5) is 2.00. The maximum absolute atomic E-state index is 12.8. The van der Waals surface area contributed by atoms with Gasteiger partial charge in [0.25, 0.3) is 0 Å². The maximum atomic E-state index is 12.8. The van der Waals surface area contributed by atoms with E-state index in [1.54, 1.807) is 6.07 Å². The Hall–Kier alpha value is -2.66. The number of rotatable bonds is 6. The third-order valence-corrected chi connectivity index (χ3v) is 5.91. The maximum Gasteiger partial charge on any atom is 0.310 e. The van der Waals surface area contributed by atoms with E-state index in [2.05, 4.69) is 43.1 Å². The largest absolute Gasteiger partial charge is 0.339 e. The summed E-state index contributed by atoms with van der Waals surface area (Å²) >= 11 is 2.22. The lowest BCUT2D eigenvalue weighted by atomic mass is 10.2. The summed E-state index contributed by atoms with van der Waals surface area (Å²) in [7, 11) is -9.72. The second-order valence-electron chi connectivity index (χ2n) is 6.16. The summed E-state index contributed by atoms with van der Waals surface area (Å²) in [6.07, 6.45) is 1.13. The first kappa shape index (κ1) is 22.0. The van der Waals surface area contributed by atoms with E-state index in [-0.39, 0.29) is 16.9 Å². The van der Waals surface area contributed by atoms with Crippen LogP contribution >= 0.6 is 32.8 Å². The molecule has 0 aliphatic heterocycles. The molecule has 2 aromatic carbocycles. The van der Waals surface area contributed by atoms with Crippen molar-refractivity contribution in [1.29, 1.82) is 5.26 Å². The highest BCUT2D eigenvalue weighted by atomic mass is 127. The van der Waals surface area contributed by atoms with E-state index in [1.807, 2.05) is 24.3 Å². The summed E-state index contributed by atoms with van der Waals surface area (Å²) in [5, 5.41) is 19.0. The van der Waals surface area contributed by atoms with Crippen LogP contribution < -0.4 is 5.32 Å². The SMILES string of the molecule is N#Cc1c(N=Cc2ccc(S(F)(F)(F)(F)F)cc2)n[nH]c1Nc1cccc(CI)c1. The fourth-order valence-electron chi connectivity index (χ4n) is 2.45. The average Bonchev–Trinajstić information content (AvgIpc) is 3.06. The van der Waals surface area contributed by atoms with Gasteiger partial charge in [0.1, 0.15) is 22.3 Å².